The summed E-state index contributed by atoms with van der Waals surface area (Å²) >= 11 is 2.73. The van der Waals surface area contributed by atoms with E-state index >= 15 is 0 Å². The van der Waals surface area contributed by atoms with Crippen molar-refractivity contribution in [2.45, 2.75) is 54.8 Å². The van der Waals surface area contributed by atoms with E-state index in [4.69, 9.17) is 9.47 Å². The smallest absolute Gasteiger partial charge is 0.326 e. The number of thiazole rings is 1. The topological polar surface area (TPSA) is 146 Å². The van der Waals surface area contributed by atoms with E-state index in [1.165, 1.54) is 6.92 Å². The molecule has 1 aromatic carbocycles. The summed E-state index contributed by atoms with van der Waals surface area (Å²) in [4.78, 5) is 70.6. The number of hydrogen-bond donors (Lipinski definition) is 2. The van der Waals surface area contributed by atoms with E-state index in [9.17, 15) is 29.1 Å². The van der Waals surface area contributed by atoms with Crippen LogP contribution in [0.4, 0.5) is 0 Å². The third-order valence-electron chi connectivity index (χ3n) is 10.1. The number of benzene rings is 1. The molecule has 1 aromatic heterocycles. The number of carbonyl (C=O) groups excluding carboxylic acids is 3. The van der Waals surface area contributed by atoms with Crippen LogP contribution in [0.15, 0.2) is 28.0 Å². The van der Waals surface area contributed by atoms with E-state index in [1.54, 1.807) is 24.9 Å². The molecule has 2 saturated heterocycles. The number of carboxylic acids is 1. The van der Waals surface area contributed by atoms with Gasteiger partial charge in [0.25, 0.3) is 5.91 Å². The van der Waals surface area contributed by atoms with Crippen LogP contribution in [0.3, 0.4) is 0 Å². The Morgan fingerprint density at radius 2 is 1.79 bits per heavy atom. The molecule has 13 heteroatoms. The van der Waals surface area contributed by atoms with Crippen molar-refractivity contribution in [2.75, 3.05) is 26.8 Å². The SMILES string of the molecule is COc1cc([C@H]2c3sc(=O)[nH]c3SC3C4CC(C5C(=O)N(C(C)C(=O)O)C(=O)C45)C32)ccc1OCC(=O)N1CCCCC1. The first kappa shape index (κ1) is 28.5. The minimum absolute atomic E-state index is 0.0186. The minimum atomic E-state index is -1.22. The molecular weight excluding hydrogens is 594 g/mol. The van der Waals surface area contributed by atoms with Crippen molar-refractivity contribution in [1.29, 1.82) is 0 Å². The molecule has 4 heterocycles. The van der Waals surface area contributed by atoms with Crippen molar-refractivity contribution in [3.05, 3.63) is 38.3 Å². The third kappa shape index (κ3) is 4.41. The molecule has 7 unspecified atom stereocenters. The van der Waals surface area contributed by atoms with Crippen LogP contribution < -0.4 is 14.3 Å². The summed E-state index contributed by atoms with van der Waals surface area (Å²) in [5.74, 6) is -2.73. The number of methoxy groups -OCH3 is 1. The van der Waals surface area contributed by atoms with Crippen LogP contribution in [-0.4, -0.2) is 81.7 Å². The first-order valence-corrected chi connectivity index (χ1v) is 16.5. The van der Waals surface area contributed by atoms with Crippen molar-refractivity contribution in [3.63, 3.8) is 0 Å². The lowest BCUT2D eigenvalue weighted by molar-refractivity contribution is -0.154. The fourth-order valence-electron chi connectivity index (χ4n) is 8.28. The van der Waals surface area contributed by atoms with Crippen LogP contribution in [0.2, 0.25) is 0 Å². The molecule has 2 bridgehead atoms. The lowest BCUT2D eigenvalue weighted by atomic mass is 9.68. The lowest BCUT2D eigenvalue weighted by Crippen LogP contribution is -2.44. The molecule has 4 fully saturated rings. The molecule has 2 aromatic rings. The van der Waals surface area contributed by atoms with Gasteiger partial charge in [-0.1, -0.05) is 17.4 Å². The standard InChI is InChI=1S/C30H33N3O8S2/c1-13(29(37)38)33-27(35)22-15-11-16(23(22)28(33)36)24-21(15)20(25-26(42-24)31-30(39)43-25)14-6-7-17(18(10-14)40-2)41-12-19(34)32-8-4-3-5-9-32/h6-7,10,13,15-16,20-24H,3-5,8-9,11-12H2,1-2H3,(H,31,39)(H,37,38)/t13?,15?,16?,20-,21?,22?,23?,24?/m1/s1. The van der Waals surface area contributed by atoms with Gasteiger partial charge in [-0.05, 0) is 68.1 Å². The predicted molar refractivity (Wildman–Crippen MR) is 156 cm³/mol. The predicted octanol–water partition coefficient (Wildman–Crippen LogP) is 2.78. The molecule has 5 aliphatic rings. The molecule has 0 spiro atoms. The maximum Gasteiger partial charge on any atom is 0.326 e. The summed E-state index contributed by atoms with van der Waals surface area (Å²) in [6.45, 7) is 2.78. The number of likely N-dealkylation sites (tertiary alicyclic amines) is 2. The average Bonchev–Trinajstić information content (AvgIpc) is 3.74. The molecule has 2 N–H and O–H groups in total. The quantitative estimate of drug-likeness (QED) is 0.443. The molecule has 43 heavy (non-hydrogen) atoms. The lowest BCUT2D eigenvalue weighted by Gasteiger charge is -2.43. The van der Waals surface area contributed by atoms with Gasteiger partial charge in [0.2, 0.25) is 11.8 Å². The van der Waals surface area contributed by atoms with Crippen LogP contribution in [-0.2, 0) is 19.2 Å². The largest absolute Gasteiger partial charge is 0.493 e. The number of ether oxygens (including phenoxy) is 2. The van der Waals surface area contributed by atoms with Gasteiger partial charge >= 0.3 is 10.8 Å². The highest BCUT2D eigenvalue weighted by atomic mass is 32.2. The summed E-state index contributed by atoms with van der Waals surface area (Å²) in [5.41, 5.74) is 0.898. The highest BCUT2D eigenvalue weighted by Crippen LogP contribution is 2.68. The Balaban J connectivity index is 1.20. The Morgan fingerprint density at radius 3 is 2.49 bits per heavy atom. The summed E-state index contributed by atoms with van der Waals surface area (Å²) in [6.07, 6.45) is 3.83. The van der Waals surface area contributed by atoms with Crippen molar-refractivity contribution in [3.8, 4) is 11.5 Å². The second-order valence-corrected chi connectivity index (χ2v) is 14.4. The van der Waals surface area contributed by atoms with E-state index in [1.807, 2.05) is 17.0 Å². The molecule has 0 radical (unpaired) electrons. The molecule has 2 aliphatic carbocycles. The van der Waals surface area contributed by atoms with E-state index in [2.05, 4.69) is 4.98 Å². The first-order chi connectivity index (χ1) is 20.7. The molecule has 2 saturated carbocycles. The number of fused-ring (bicyclic) bond motifs is 9. The zero-order valence-corrected chi connectivity index (χ0v) is 25.4. The number of nitrogens with zero attached hydrogens (tertiary/aromatic N) is 2. The van der Waals surface area contributed by atoms with Gasteiger partial charge in [0.1, 0.15) is 6.04 Å². The number of carboxylic acid groups (broad SMARTS) is 1. The van der Waals surface area contributed by atoms with Crippen molar-refractivity contribution in [2.24, 2.45) is 29.6 Å². The second kappa shape index (κ2) is 10.7. The highest BCUT2D eigenvalue weighted by Gasteiger charge is 2.70. The van der Waals surface area contributed by atoms with Crippen molar-refractivity contribution >= 4 is 46.8 Å². The average molecular weight is 628 g/mol. The Hall–Kier alpha value is -3.32. The maximum absolute atomic E-state index is 13.6. The minimum Gasteiger partial charge on any atom is -0.493 e. The normalized spacial score (nSPS) is 31.4. The van der Waals surface area contributed by atoms with Gasteiger partial charge in [-0.15, -0.1) is 11.8 Å². The van der Waals surface area contributed by atoms with E-state index < -0.39 is 29.8 Å². The van der Waals surface area contributed by atoms with Gasteiger partial charge in [0.05, 0.1) is 24.0 Å². The number of hydrogen-bond acceptors (Lipinski definition) is 9. The van der Waals surface area contributed by atoms with Crippen LogP contribution in [0.1, 0.15) is 49.0 Å². The zero-order valence-electron chi connectivity index (χ0n) is 23.8. The fraction of sp³-hybridized carbons (Fsp3) is 0.567. The number of aliphatic carboxylic acids is 1. The summed E-state index contributed by atoms with van der Waals surface area (Å²) in [5, 5.41) is 10.3. The van der Waals surface area contributed by atoms with Crippen molar-refractivity contribution < 1.29 is 33.8 Å². The number of rotatable bonds is 7. The molecule has 7 rings (SSSR count). The Morgan fingerprint density at radius 1 is 1.07 bits per heavy atom. The summed E-state index contributed by atoms with van der Waals surface area (Å²) < 4.78 is 11.6. The first-order valence-electron chi connectivity index (χ1n) is 14.8. The van der Waals surface area contributed by atoms with Gasteiger partial charge in [-0.25, -0.2) is 4.79 Å². The van der Waals surface area contributed by atoms with Crippen LogP contribution in [0.25, 0.3) is 0 Å². The monoisotopic (exact) mass is 627 g/mol. The van der Waals surface area contributed by atoms with Gasteiger partial charge in [0, 0.05) is 29.1 Å². The summed E-state index contributed by atoms with van der Waals surface area (Å²) in [7, 11) is 1.54. The summed E-state index contributed by atoms with van der Waals surface area (Å²) in [6, 6.07) is 4.39. The van der Waals surface area contributed by atoms with E-state index in [-0.39, 0.29) is 52.2 Å². The number of thioether (sulfide) groups is 1. The molecule has 3 amide bonds. The molecule has 3 aliphatic heterocycles. The number of amides is 3. The number of aromatic amines is 1. The fourth-order valence-corrected chi connectivity index (χ4v) is 11.2. The number of H-pyrrole nitrogens is 1. The molecular formula is C30H33N3O8S2. The third-order valence-corrected chi connectivity index (χ3v) is 12.7. The number of aromatic nitrogens is 1. The van der Waals surface area contributed by atoms with Crippen LogP contribution >= 0.6 is 23.1 Å². The van der Waals surface area contributed by atoms with Gasteiger partial charge < -0.3 is 24.5 Å². The molecule has 228 valence electrons. The maximum atomic E-state index is 13.6. The Labute approximate surface area is 255 Å². The number of piperidine rings is 1. The Kier molecular flexibility index (Phi) is 7.07. The Bertz CT molecular complexity index is 1560. The van der Waals surface area contributed by atoms with E-state index in [0.717, 1.165) is 64.1 Å². The second-order valence-electron chi connectivity index (χ2n) is 12.2. The number of carbonyl (C=O) groups is 4. The van der Waals surface area contributed by atoms with Crippen LogP contribution in [0, 0.1) is 29.6 Å². The van der Waals surface area contributed by atoms with Crippen molar-refractivity contribution in [1.82, 2.24) is 14.8 Å². The highest BCUT2D eigenvalue weighted by molar-refractivity contribution is 8.00. The van der Waals surface area contributed by atoms with Crippen LogP contribution in [0.5, 0.6) is 11.5 Å². The zero-order chi connectivity index (χ0) is 30.2. The number of nitrogens with one attached hydrogen (secondary N) is 1. The van der Waals surface area contributed by atoms with Gasteiger partial charge in [-0.2, -0.15) is 0 Å². The molecule has 8 atom stereocenters. The number of imide groups is 1. The molecule has 11 nitrogen and oxygen atoms in total. The van der Waals surface area contributed by atoms with Gasteiger partial charge in [0.15, 0.2) is 18.1 Å². The van der Waals surface area contributed by atoms with Gasteiger partial charge in [-0.3, -0.25) is 24.1 Å². The van der Waals surface area contributed by atoms with E-state index in [0.29, 0.717) is 17.9 Å².